The number of methoxy groups -OCH3 is 1. The third-order valence-electron chi connectivity index (χ3n) is 4.07. The molecule has 4 nitrogen and oxygen atoms in total. The lowest BCUT2D eigenvalue weighted by atomic mass is 9.96. The Kier molecular flexibility index (Phi) is 4.43. The van der Waals surface area contributed by atoms with Gasteiger partial charge in [-0.2, -0.15) is 0 Å². The van der Waals surface area contributed by atoms with Gasteiger partial charge < -0.3 is 14.6 Å². The van der Waals surface area contributed by atoms with Crippen LogP contribution in [0, 0.1) is 0 Å². The van der Waals surface area contributed by atoms with Gasteiger partial charge in [0, 0.05) is 21.2 Å². The van der Waals surface area contributed by atoms with Gasteiger partial charge in [0.2, 0.25) is 0 Å². The second-order valence-corrected chi connectivity index (χ2v) is 7.01. The van der Waals surface area contributed by atoms with E-state index in [1.54, 1.807) is 38.1 Å². The van der Waals surface area contributed by atoms with Crippen molar-refractivity contribution in [3.8, 4) is 16.9 Å². The van der Waals surface area contributed by atoms with E-state index >= 15 is 0 Å². The third kappa shape index (κ3) is 3.08. The third-order valence-corrected chi connectivity index (χ3v) is 4.64. The van der Waals surface area contributed by atoms with Gasteiger partial charge in [-0.05, 0) is 43.7 Å². The molecule has 0 saturated carbocycles. The van der Waals surface area contributed by atoms with E-state index in [1.807, 2.05) is 12.1 Å². The van der Waals surface area contributed by atoms with Gasteiger partial charge in [-0.15, -0.1) is 0 Å². The average Bonchev–Trinajstić information content (AvgIpc) is 2.76. The molecule has 3 rings (SSSR count). The van der Waals surface area contributed by atoms with Crippen LogP contribution in [0.5, 0.6) is 5.75 Å². The number of ether oxygens (including phenoxy) is 2. The summed E-state index contributed by atoms with van der Waals surface area (Å²) in [6.45, 7) is 3.22. The zero-order valence-electron chi connectivity index (χ0n) is 13.9. The highest BCUT2D eigenvalue weighted by molar-refractivity contribution is 6.35. The van der Waals surface area contributed by atoms with Crippen LogP contribution >= 0.6 is 23.2 Å². The Balaban J connectivity index is 2.17. The molecule has 1 heterocycles. The highest BCUT2D eigenvalue weighted by Gasteiger charge is 2.42. The predicted octanol–water partition coefficient (Wildman–Crippen LogP) is 5.27. The predicted molar refractivity (Wildman–Crippen MR) is 98.2 cm³/mol. The number of benzene rings is 2. The summed E-state index contributed by atoms with van der Waals surface area (Å²) in [6, 6.07) is 10.5. The SMILES string of the molecule is COc1cc(C2=C(O)C(C)(C)OC2=O)c(Cl)cc1-c1ccc(Cl)cc1. The van der Waals surface area contributed by atoms with Crippen molar-refractivity contribution < 1.29 is 19.4 Å². The van der Waals surface area contributed by atoms with Crippen LogP contribution in [0.4, 0.5) is 0 Å². The van der Waals surface area contributed by atoms with Crippen molar-refractivity contribution in [3.05, 3.63) is 57.8 Å². The van der Waals surface area contributed by atoms with Crippen LogP contribution in [-0.4, -0.2) is 23.8 Å². The number of aliphatic hydroxyl groups excluding tert-OH is 1. The number of carbonyl (C=O) groups is 1. The quantitative estimate of drug-likeness (QED) is 0.738. The number of hydrogen-bond donors (Lipinski definition) is 1. The molecule has 1 aliphatic heterocycles. The Hall–Kier alpha value is -2.17. The normalized spacial score (nSPS) is 16.1. The van der Waals surface area contributed by atoms with Crippen LogP contribution in [0.2, 0.25) is 10.0 Å². The number of aliphatic hydroxyl groups is 1. The first-order valence-electron chi connectivity index (χ1n) is 7.55. The van der Waals surface area contributed by atoms with Gasteiger partial charge in [-0.25, -0.2) is 4.79 Å². The van der Waals surface area contributed by atoms with E-state index in [2.05, 4.69) is 0 Å². The lowest BCUT2D eigenvalue weighted by molar-refractivity contribution is -0.143. The molecule has 0 radical (unpaired) electrons. The molecule has 2 aromatic carbocycles. The molecule has 0 aromatic heterocycles. The first-order valence-corrected chi connectivity index (χ1v) is 8.31. The van der Waals surface area contributed by atoms with E-state index in [0.29, 0.717) is 21.4 Å². The molecule has 130 valence electrons. The first-order chi connectivity index (χ1) is 11.7. The van der Waals surface area contributed by atoms with Crippen LogP contribution in [0.25, 0.3) is 16.7 Å². The fraction of sp³-hybridized carbons (Fsp3) is 0.211. The van der Waals surface area contributed by atoms with Gasteiger partial charge in [0.15, 0.2) is 11.4 Å². The summed E-state index contributed by atoms with van der Waals surface area (Å²) >= 11 is 12.3. The second-order valence-electron chi connectivity index (χ2n) is 6.16. The van der Waals surface area contributed by atoms with Crippen molar-refractivity contribution >= 4 is 34.7 Å². The Morgan fingerprint density at radius 2 is 1.72 bits per heavy atom. The van der Waals surface area contributed by atoms with Crippen LogP contribution in [0.3, 0.4) is 0 Å². The summed E-state index contributed by atoms with van der Waals surface area (Å²) in [5, 5.41) is 11.3. The van der Waals surface area contributed by atoms with Gasteiger partial charge in [-0.1, -0.05) is 35.3 Å². The summed E-state index contributed by atoms with van der Waals surface area (Å²) in [7, 11) is 1.53. The second kappa shape index (κ2) is 6.28. The van der Waals surface area contributed by atoms with Crippen LogP contribution in [0.1, 0.15) is 19.4 Å². The Bertz CT molecular complexity index is 883. The van der Waals surface area contributed by atoms with Crippen LogP contribution < -0.4 is 4.74 Å². The van der Waals surface area contributed by atoms with E-state index < -0.39 is 11.6 Å². The van der Waals surface area contributed by atoms with Crippen LogP contribution in [0.15, 0.2) is 42.2 Å². The zero-order chi connectivity index (χ0) is 18.4. The highest BCUT2D eigenvalue weighted by Crippen LogP contribution is 2.42. The fourth-order valence-corrected chi connectivity index (χ4v) is 3.12. The van der Waals surface area contributed by atoms with E-state index in [4.69, 9.17) is 32.7 Å². The summed E-state index contributed by atoms with van der Waals surface area (Å²) < 4.78 is 10.7. The molecule has 25 heavy (non-hydrogen) atoms. The summed E-state index contributed by atoms with van der Waals surface area (Å²) in [4.78, 5) is 12.2. The Morgan fingerprint density at radius 3 is 2.24 bits per heavy atom. The molecular weight excluding hydrogens is 363 g/mol. The number of esters is 1. The molecule has 0 bridgehead atoms. The topological polar surface area (TPSA) is 55.8 Å². The number of carbonyl (C=O) groups excluding carboxylic acids is 1. The minimum absolute atomic E-state index is 0.0518. The van der Waals surface area contributed by atoms with Crippen molar-refractivity contribution in [2.45, 2.75) is 19.4 Å². The maximum atomic E-state index is 12.2. The van der Waals surface area contributed by atoms with Gasteiger partial charge in [-0.3, -0.25) is 0 Å². The molecule has 1 aliphatic rings. The molecule has 6 heteroatoms. The Morgan fingerprint density at radius 1 is 1.08 bits per heavy atom. The van der Waals surface area contributed by atoms with E-state index in [0.717, 1.165) is 11.1 Å². The van der Waals surface area contributed by atoms with Gasteiger partial charge in [0.05, 0.1) is 7.11 Å². The maximum absolute atomic E-state index is 12.2. The molecule has 0 fully saturated rings. The number of rotatable bonds is 3. The van der Waals surface area contributed by atoms with Gasteiger partial charge in [0.25, 0.3) is 0 Å². The number of hydrogen-bond acceptors (Lipinski definition) is 4. The van der Waals surface area contributed by atoms with Crippen molar-refractivity contribution in [1.29, 1.82) is 0 Å². The monoisotopic (exact) mass is 378 g/mol. The van der Waals surface area contributed by atoms with Crippen molar-refractivity contribution in [3.63, 3.8) is 0 Å². The summed E-state index contributed by atoms with van der Waals surface area (Å²) in [6.07, 6.45) is 0. The standard InChI is InChI=1S/C19H16Cl2O4/c1-19(2)17(22)16(18(23)25-19)13-9-15(24-3)12(8-14(13)21)10-4-6-11(20)7-5-10/h4-9,22H,1-3H3. The average molecular weight is 379 g/mol. The van der Waals surface area contributed by atoms with Crippen molar-refractivity contribution in [2.24, 2.45) is 0 Å². The fourth-order valence-electron chi connectivity index (χ4n) is 2.74. The Labute approximate surface area is 155 Å². The van der Waals surface area contributed by atoms with Crippen molar-refractivity contribution in [2.75, 3.05) is 7.11 Å². The smallest absolute Gasteiger partial charge is 0.343 e. The lowest BCUT2D eigenvalue weighted by Crippen LogP contribution is -2.22. The molecule has 1 N–H and O–H groups in total. The molecular formula is C19H16Cl2O4. The molecule has 0 spiro atoms. The molecule has 0 amide bonds. The zero-order valence-corrected chi connectivity index (χ0v) is 15.4. The molecule has 0 saturated heterocycles. The summed E-state index contributed by atoms with van der Waals surface area (Å²) in [5.41, 5.74) is 0.943. The highest BCUT2D eigenvalue weighted by atomic mass is 35.5. The minimum Gasteiger partial charge on any atom is -0.507 e. The van der Waals surface area contributed by atoms with Crippen LogP contribution in [-0.2, 0) is 9.53 Å². The lowest BCUT2D eigenvalue weighted by Gasteiger charge is -2.16. The molecule has 2 aromatic rings. The van der Waals surface area contributed by atoms with E-state index in [9.17, 15) is 9.90 Å². The van der Waals surface area contributed by atoms with Crippen molar-refractivity contribution in [1.82, 2.24) is 0 Å². The van der Waals surface area contributed by atoms with Gasteiger partial charge >= 0.3 is 5.97 Å². The van der Waals surface area contributed by atoms with E-state index in [1.165, 1.54) is 7.11 Å². The first kappa shape index (κ1) is 17.6. The maximum Gasteiger partial charge on any atom is 0.343 e. The van der Waals surface area contributed by atoms with Gasteiger partial charge in [0.1, 0.15) is 11.3 Å². The van der Waals surface area contributed by atoms with E-state index in [-0.39, 0.29) is 11.3 Å². The number of cyclic esters (lactones) is 1. The molecule has 0 unspecified atom stereocenters. The minimum atomic E-state index is -1.09. The molecule has 0 atom stereocenters. The number of halogens is 2. The molecule has 0 aliphatic carbocycles. The summed E-state index contributed by atoms with van der Waals surface area (Å²) in [5.74, 6) is -0.258. The largest absolute Gasteiger partial charge is 0.507 e.